The van der Waals surface area contributed by atoms with Crippen molar-refractivity contribution in [3.63, 3.8) is 0 Å². The Morgan fingerprint density at radius 2 is 2.00 bits per heavy atom. The van der Waals surface area contributed by atoms with Gasteiger partial charge in [-0.1, -0.05) is 12.1 Å². The molecular weight excluding hydrogens is 398 g/mol. The number of hydrogen-bond acceptors (Lipinski definition) is 9. The normalized spacial score (nSPS) is 21.4. The third-order valence-electron chi connectivity index (χ3n) is 5.94. The average molecular weight is 425 g/mol. The van der Waals surface area contributed by atoms with Gasteiger partial charge in [0.05, 0.1) is 44.0 Å². The van der Waals surface area contributed by atoms with Crippen LogP contribution in [-0.4, -0.2) is 80.1 Å². The third kappa shape index (κ3) is 4.77. The summed E-state index contributed by atoms with van der Waals surface area (Å²) in [6.07, 6.45) is 1.00. The van der Waals surface area contributed by atoms with Gasteiger partial charge in [-0.15, -0.1) is 0 Å². The number of benzene rings is 1. The SMILES string of the molecule is COC(=O)[C@H](C#N)c1nc2ccccc2nc1NC[C@H]([C@@H]1CCOC1)N1CCOCC1. The molecule has 2 aliphatic rings. The van der Waals surface area contributed by atoms with Crippen molar-refractivity contribution in [2.75, 3.05) is 58.5 Å². The Kier molecular flexibility index (Phi) is 6.92. The molecule has 0 bridgehead atoms. The van der Waals surface area contributed by atoms with E-state index in [1.807, 2.05) is 30.3 Å². The zero-order chi connectivity index (χ0) is 21.6. The highest BCUT2D eigenvalue weighted by Crippen LogP contribution is 2.27. The molecule has 2 fully saturated rings. The van der Waals surface area contributed by atoms with Gasteiger partial charge in [0.15, 0.2) is 11.7 Å². The number of rotatable bonds is 7. The fraction of sp³-hybridized carbons (Fsp3) is 0.545. The molecule has 31 heavy (non-hydrogen) atoms. The van der Waals surface area contributed by atoms with Crippen LogP contribution < -0.4 is 5.32 Å². The van der Waals surface area contributed by atoms with Crippen molar-refractivity contribution in [3.8, 4) is 6.07 Å². The predicted molar refractivity (Wildman–Crippen MR) is 114 cm³/mol. The van der Waals surface area contributed by atoms with Gasteiger partial charge in [0.25, 0.3) is 0 Å². The lowest BCUT2D eigenvalue weighted by molar-refractivity contribution is -0.141. The van der Waals surface area contributed by atoms with Crippen LogP contribution in [0.3, 0.4) is 0 Å². The Morgan fingerprint density at radius 1 is 1.26 bits per heavy atom. The summed E-state index contributed by atoms with van der Waals surface area (Å²) in [5.41, 5.74) is 1.61. The number of hydrogen-bond donors (Lipinski definition) is 1. The summed E-state index contributed by atoms with van der Waals surface area (Å²) in [5.74, 6) is -0.965. The van der Waals surface area contributed by atoms with Crippen LogP contribution in [0.25, 0.3) is 11.0 Å². The molecule has 4 rings (SSSR count). The third-order valence-corrected chi connectivity index (χ3v) is 5.94. The van der Waals surface area contributed by atoms with E-state index in [1.165, 1.54) is 7.11 Å². The number of fused-ring (bicyclic) bond motifs is 1. The Hall–Kier alpha value is -2.80. The quantitative estimate of drug-likeness (QED) is 0.661. The second-order valence-electron chi connectivity index (χ2n) is 7.75. The van der Waals surface area contributed by atoms with E-state index in [4.69, 9.17) is 19.2 Å². The Balaban J connectivity index is 1.64. The first kappa shape index (κ1) is 21.4. The number of aromatic nitrogens is 2. The summed E-state index contributed by atoms with van der Waals surface area (Å²) in [7, 11) is 1.27. The van der Waals surface area contributed by atoms with Gasteiger partial charge in [0, 0.05) is 38.2 Å². The van der Waals surface area contributed by atoms with Crippen molar-refractivity contribution < 1.29 is 19.0 Å². The number of nitrogens with zero attached hydrogens (tertiary/aromatic N) is 4. The number of morpholine rings is 1. The largest absolute Gasteiger partial charge is 0.468 e. The maximum Gasteiger partial charge on any atom is 0.329 e. The van der Waals surface area contributed by atoms with E-state index >= 15 is 0 Å². The van der Waals surface area contributed by atoms with E-state index in [1.54, 1.807) is 0 Å². The number of para-hydroxylation sites is 2. The van der Waals surface area contributed by atoms with Crippen LogP contribution in [0.2, 0.25) is 0 Å². The van der Waals surface area contributed by atoms with E-state index in [0.717, 1.165) is 32.7 Å². The van der Waals surface area contributed by atoms with Gasteiger partial charge in [-0.05, 0) is 18.6 Å². The molecular formula is C22H27N5O4. The molecule has 2 saturated heterocycles. The van der Waals surface area contributed by atoms with Gasteiger partial charge in [-0.2, -0.15) is 5.26 Å². The summed E-state index contributed by atoms with van der Waals surface area (Å²) in [6, 6.07) is 9.65. The Bertz CT molecular complexity index is 951. The van der Waals surface area contributed by atoms with Crippen LogP contribution in [-0.2, 0) is 19.0 Å². The minimum atomic E-state index is -1.15. The summed E-state index contributed by atoms with van der Waals surface area (Å²) in [6.45, 7) is 5.25. The smallest absolute Gasteiger partial charge is 0.329 e. The average Bonchev–Trinajstić information content (AvgIpc) is 3.35. The fourth-order valence-corrected chi connectivity index (χ4v) is 4.25. The molecule has 0 aliphatic carbocycles. The van der Waals surface area contributed by atoms with E-state index in [2.05, 4.69) is 15.2 Å². The van der Waals surface area contributed by atoms with E-state index < -0.39 is 11.9 Å². The molecule has 9 heteroatoms. The Labute approximate surface area is 181 Å². The molecule has 0 unspecified atom stereocenters. The van der Waals surface area contributed by atoms with E-state index in [9.17, 15) is 10.1 Å². The number of anilines is 1. The van der Waals surface area contributed by atoms with Crippen molar-refractivity contribution in [2.24, 2.45) is 5.92 Å². The van der Waals surface area contributed by atoms with Crippen LogP contribution in [0.5, 0.6) is 0 Å². The molecule has 2 aliphatic heterocycles. The van der Waals surface area contributed by atoms with Crippen LogP contribution in [0.4, 0.5) is 5.82 Å². The molecule has 1 N–H and O–H groups in total. The van der Waals surface area contributed by atoms with Crippen molar-refractivity contribution in [1.82, 2.24) is 14.9 Å². The number of nitrogens with one attached hydrogen (secondary N) is 1. The molecule has 2 aromatic rings. The molecule has 1 aromatic heterocycles. The van der Waals surface area contributed by atoms with Crippen molar-refractivity contribution in [2.45, 2.75) is 18.4 Å². The zero-order valence-corrected chi connectivity index (χ0v) is 17.6. The molecule has 0 radical (unpaired) electrons. The highest BCUT2D eigenvalue weighted by Gasteiger charge is 2.33. The van der Waals surface area contributed by atoms with Crippen LogP contribution in [0.1, 0.15) is 18.0 Å². The van der Waals surface area contributed by atoms with Gasteiger partial charge in [-0.3, -0.25) is 9.69 Å². The monoisotopic (exact) mass is 425 g/mol. The number of nitriles is 1. The Morgan fingerprint density at radius 3 is 2.65 bits per heavy atom. The first-order valence-corrected chi connectivity index (χ1v) is 10.6. The zero-order valence-electron chi connectivity index (χ0n) is 17.6. The topological polar surface area (TPSA) is 110 Å². The number of carbonyl (C=O) groups is 1. The molecule has 0 spiro atoms. The summed E-state index contributed by atoms with van der Waals surface area (Å²) in [5, 5.41) is 13.0. The summed E-state index contributed by atoms with van der Waals surface area (Å²) in [4.78, 5) is 24.0. The van der Waals surface area contributed by atoms with E-state index in [0.29, 0.717) is 42.5 Å². The molecule has 164 valence electrons. The second kappa shape index (κ2) is 10.0. The number of carbonyl (C=O) groups excluding carboxylic acids is 1. The van der Waals surface area contributed by atoms with Crippen LogP contribution >= 0.6 is 0 Å². The van der Waals surface area contributed by atoms with Crippen molar-refractivity contribution in [3.05, 3.63) is 30.0 Å². The maximum absolute atomic E-state index is 12.2. The van der Waals surface area contributed by atoms with E-state index in [-0.39, 0.29) is 11.7 Å². The number of ether oxygens (including phenoxy) is 3. The van der Waals surface area contributed by atoms with Gasteiger partial charge >= 0.3 is 5.97 Å². The van der Waals surface area contributed by atoms with Gasteiger partial charge in [0.2, 0.25) is 0 Å². The van der Waals surface area contributed by atoms with Crippen molar-refractivity contribution in [1.29, 1.82) is 5.26 Å². The first-order valence-electron chi connectivity index (χ1n) is 10.6. The molecule has 0 amide bonds. The molecule has 1 aromatic carbocycles. The summed E-state index contributed by atoms with van der Waals surface area (Å²) >= 11 is 0. The van der Waals surface area contributed by atoms with Gasteiger partial charge in [0.1, 0.15) is 5.69 Å². The van der Waals surface area contributed by atoms with Gasteiger partial charge in [-0.25, -0.2) is 9.97 Å². The number of esters is 1. The maximum atomic E-state index is 12.2. The van der Waals surface area contributed by atoms with Crippen LogP contribution in [0, 0.1) is 17.2 Å². The highest BCUT2D eigenvalue weighted by molar-refractivity contribution is 5.84. The fourth-order valence-electron chi connectivity index (χ4n) is 4.25. The minimum absolute atomic E-state index is 0.228. The van der Waals surface area contributed by atoms with Gasteiger partial charge < -0.3 is 19.5 Å². The molecule has 9 nitrogen and oxygen atoms in total. The standard InChI is InChI=1S/C22H27N5O4/c1-29-22(28)16(12-23)20-21(26-18-5-3-2-4-17(18)25-20)24-13-19(15-6-9-31-14-15)27-7-10-30-11-8-27/h2-5,15-16,19H,6-11,13-14H2,1H3,(H,24,26)/t15-,16-,19-/m1/s1. The molecule has 3 heterocycles. The molecule has 0 saturated carbocycles. The highest BCUT2D eigenvalue weighted by atomic mass is 16.5. The molecule has 3 atom stereocenters. The lowest BCUT2D eigenvalue weighted by Gasteiger charge is -2.37. The second-order valence-corrected chi connectivity index (χ2v) is 7.75. The lowest BCUT2D eigenvalue weighted by Crippen LogP contribution is -2.50. The van der Waals surface area contributed by atoms with Crippen LogP contribution in [0.15, 0.2) is 24.3 Å². The number of methoxy groups -OCH3 is 1. The predicted octanol–water partition coefficient (Wildman–Crippen LogP) is 1.56. The first-order chi connectivity index (χ1) is 15.2. The summed E-state index contributed by atoms with van der Waals surface area (Å²) < 4.78 is 16.0. The van der Waals surface area contributed by atoms with Crippen molar-refractivity contribution >= 4 is 22.8 Å². The minimum Gasteiger partial charge on any atom is -0.468 e. The lowest BCUT2D eigenvalue weighted by atomic mass is 9.96.